The van der Waals surface area contributed by atoms with E-state index in [4.69, 9.17) is 13.8 Å². The molecule has 1 unspecified atom stereocenters. The molecular formula is C38H23N3O2. The molecule has 0 aliphatic carbocycles. The van der Waals surface area contributed by atoms with Gasteiger partial charge in [0, 0.05) is 32.3 Å². The lowest BCUT2D eigenvalue weighted by Gasteiger charge is -2.24. The number of furan rings is 2. The summed E-state index contributed by atoms with van der Waals surface area (Å²) in [4.78, 5) is 5.36. The van der Waals surface area contributed by atoms with Crippen molar-refractivity contribution < 1.29 is 8.83 Å². The lowest BCUT2D eigenvalue weighted by molar-refractivity contribution is 0.595. The summed E-state index contributed by atoms with van der Waals surface area (Å²) >= 11 is 0. The first kappa shape index (κ1) is 22.8. The fourth-order valence-corrected chi connectivity index (χ4v) is 6.85. The van der Waals surface area contributed by atoms with E-state index in [1.165, 1.54) is 5.39 Å². The van der Waals surface area contributed by atoms with Gasteiger partial charge in [-0.15, -0.1) is 0 Å². The number of rotatable bonds is 1. The molecule has 0 bridgehead atoms. The monoisotopic (exact) mass is 553 g/mol. The van der Waals surface area contributed by atoms with Gasteiger partial charge in [0.2, 0.25) is 0 Å². The fraction of sp³-hybridized carbons (Fsp3) is 0.0263. The third-order valence-corrected chi connectivity index (χ3v) is 8.81. The standard InChI is InChI=1S/C38H23N3O2/c1-2-10-22(11-3-1)37-39-34-27-14-6-9-17-33(27)43-36(34)38(40-37)41-30-15-7-4-12-24(30)29-20-23-18-19-26-25-13-5-8-16-32(25)42-35(26)28(23)21-31(29)41/h1-21,37,39H. The van der Waals surface area contributed by atoms with Crippen LogP contribution in [0.2, 0.25) is 0 Å². The number of anilines is 1. The summed E-state index contributed by atoms with van der Waals surface area (Å²) in [6.07, 6.45) is -0.275. The zero-order valence-corrected chi connectivity index (χ0v) is 22.9. The van der Waals surface area contributed by atoms with Crippen LogP contribution >= 0.6 is 0 Å². The molecule has 0 amide bonds. The normalized spacial score (nSPS) is 15.1. The average molecular weight is 554 g/mol. The van der Waals surface area contributed by atoms with Crippen molar-refractivity contribution in [2.45, 2.75) is 6.17 Å². The fourth-order valence-electron chi connectivity index (χ4n) is 6.85. The molecular weight excluding hydrogens is 530 g/mol. The Labute approximate surface area is 245 Å². The van der Waals surface area contributed by atoms with Crippen molar-refractivity contribution in [3.05, 3.63) is 139 Å². The molecule has 9 aromatic rings. The average Bonchev–Trinajstić information content (AvgIpc) is 3.73. The maximum Gasteiger partial charge on any atom is 0.194 e. The molecule has 1 N–H and O–H groups in total. The SMILES string of the molecule is c1ccc(C2N=C(n3c4ccccc4c4cc5ccc6c7ccccc7oc6c5cc43)c3oc4ccccc4c3N2)cc1. The predicted molar refractivity (Wildman–Crippen MR) is 175 cm³/mol. The minimum atomic E-state index is -0.275. The van der Waals surface area contributed by atoms with Crippen molar-refractivity contribution >= 4 is 77.0 Å². The molecule has 1 atom stereocenters. The Bertz CT molecular complexity index is 2600. The number of nitrogens with one attached hydrogen (secondary N) is 1. The first-order valence-electron chi connectivity index (χ1n) is 14.5. The summed E-state index contributed by atoms with van der Waals surface area (Å²) < 4.78 is 15.3. The molecule has 0 saturated carbocycles. The van der Waals surface area contributed by atoms with Gasteiger partial charge in [0.15, 0.2) is 11.6 Å². The van der Waals surface area contributed by atoms with Crippen molar-refractivity contribution in [3.8, 4) is 0 Å². The Morgan fingerprint density at radius 3 is 2.14 bits per heavy atom. The molecule has 1 aliphatic rings. The summed E-state index contributed by atoms with van der Waals surface area (Å²) in [6.45, 7) is 0. The Hall–Kier alpha value is -5.81. The van der Waals surface area contributed by atoms with Crippen molar-refractivity contribution in [1.29, 1.82) is 0 Å². The van der Waals surface area contributed by atoms with E-state index in [1.807, 2.05) is 36.4 Å². The van der Waals surface area contributed by atoms with Gasteiger partial charge in [-0.05, 0) is 53.4 Å². The third-order valence-electron chi connectivity index (χ3n) is 8.81. The maximum atomic E-state index is 6.57. The Balaban J connectivity index is 1.34. The van der Waals surface area contributed by atoms with E-state index < -0.39 is 0 Å². The molecule has 0 saturated heterocycles. The smallest absolute Gasteiger partial charge is 0.194 e. The van der Waals surface area contributed by atoms with Crippen molar-refractivity contribution in [2.75, 3.05) is 5.32 Å². The molecule has 1 aliphatic heterocycles. The van der Waals surface area contributed by atoms with Gasteiger partial charge in [0.1, 0.15) is 22.9 Å². The number of nitrogens with zero attached hydrogens (tertiary/aromatic N) is 2. The minimum absolute atomic E-state index is 0.275. The highest BCUT2D eigenvalue weighted by Crippen LogP contribution is 2.42. The van der Waals surface area contributed by atoms with E-state index in [1.54, 1.807) is 0 Å². The van der Waals surface area contributed by atoms with Gasteiger partial charge >= 0.3 is 0 Å². The van der Waals surface area contributed by atoms with Crippen LogP contribution < -0.4 is 5.32 Å². The van der Waals surface area contributed by atoms with Crippen LogP contribution in [0.4, 0.5) is 5.69 Å². The minimum Gasteiger partial charge on any atom is -0.455 e. The molecule has 10 rings (SSSR count). The van der Waals surface area contributed by atoms with Crippen molar-refractivity contribution in [3.63, 3.8) is 0 Å². The maximum absolute atomic E-state index is 6.57. The lowest BCUT2D eigenvalue weighted by atomic mass is 10.0. The molecule has 43 heavy (non-hydrogen) atoms. The predicted octanol–water partition coefficient (Wildman–Crippen LogP) is 10.0. The first-order chi connectivity index (χ1) is 21.3. The second-order valence-corrected chi connectivity index (χ2v) is 11.2. The highest BCUT2D eigenvalue weighted by Gasteiger charge is 2.30. The second-order valence-electron chi connectivity index (χ2n) is 11.2. The molecule has 202 valence electrons. The van der Waals surface area contributed by atoms with E-state index >= 15 is 0 Å². The third kappa shape index (κ3) is 3.13. The number of hydrogen-bond donors (Lipinski definition) is 1. The number of fused-ring (bicyclic) bond motifs is 11. The zero-order valence-electron chi connectivity index (χ0n) is 22.9. The number of para-hydroxylation sites is 3. The van der Waals surface area contributed by atoms with Crippen LogP contribution in [0.25, 0.3) is 65.5 Å². The molecule has 3 aromatic heterocycles. The summed E-state index contributed by atoms with van der Waals surface area (Å²) in [5.41, 5.74) is 6.80. The van der Waals surface area contributed by atoms with Crippen molar-refractivity contribution in [2.24, 2.45) is 4.99 Å². The van der Waals surface area contributed by atoms with Crippen LogP contribution in [0.1, 0.15) is 17.5 Å². The van der Waals surface area contributed by atoms with Crippen LogP contribution in [0.15, 0.2) is 141 Å². The number of benzene rings is 6. The van der Waals surface area contributed by atoms with E-state index in [-0.39, 0.29) is 6.17 Å². The highest BCUT2D eigenvalue weighted by molar-refractivity contribution is 6.24. The van der Waals surface area contributed by atoms with Crippen LogP contribution in [-0.2, 0) is 0 Å². The van der Waals surface area contributed by atoms with Crippen LogP contribution in [0.3, 0.4) is 0 Å². The molecule has 5 nitrogen and oxygen atoms in total. The largest absolute Gasteiger partial charge is 0.455 e. The van der Waals surface area contributed by atoms with Crippen molar-refractivity contribution in [1.82, 2.24) is 4.57 Å². The lowest BCUT2D eigenvalue weighted by Crippen LogP contribution is -2.23. The molecule has 0 radical (unpaired) electrons. The van der Waals surface area contributed by atoms with E-state index in [0.717, 1.165) is 82.9 Å². The molecule has 0 spiro atoms. The van der Waals surface area contributed by atoms with E-state index in [9.17, 15) is 0 Å². The highest BCUT2D eigenvalue weighted by atomic mass is 16.3. The van der Waals surface area contributed by atoms with Gasteiger partial charge in [0.25, 0.3) is 0 Å². The van der Waals surface area contributed by atoms with Gasteiger partial charge < -0.3 is 14.2 Å². The summed E-state index contributed by atoms with van der Waals surface area (Å²) in [5, 5.41) is 11.5. The van der Waals surface area contributed by atoms with E-state index in [0.29, 0.717) is 0 Å². The summed E-state index contributed by atoms with van der Waals surface area (Å²) in [6, 6.07) is 44.3. The van der Waals surface area contributed by atoms with Crippen LogP contribution in [0.5, 0.6) is 0 Å². The topological polar surface area (TPSA) is 55.6 Å². The van der Waals surface area contributed by atoms with Gasteiger partial charge in [-0.25, -0.2) is 4.99 Å². The van der Waals surface area contributed by atoms with Gasteiger partial charge in [-0.1, -0.05) is 84.9 Å². The number of aromatic nitrogens is 1. The van der Waals surface area contributed by atoms with Gasteiger partial charge in [-0.3, -0.25) is 4.57 Å². The Morgan fingerprint density at radius 1 is 0.558 bits per heavy atom. The Kier molecular flexibility index (Phi) is 4.44. The second kappa shape index (κ2) is 8.37. The molecule has 6 aromatic carbocycles. The number of aliphatic imine (C=N–C) groups is 1. The summed E-state index contributed by atoms with van der Waals surface area (Å²) in [5.74, 6) is 1.51. The Morgan fingerprint density at radius 2 is 1.28 bits per heavy atom. The van der Waals surface area contributed by atoms with E-state index in [2.05, 4.69) is 101 Å². The first-order valence-corrected chi connectivity index (χ1v) is 14.5. The molecule has 4 heterocycles. The van der Waals surface area contributed by atoms with Crippen LogP contribution in [-0.4, -0.2) is 10.4 Å². The van der Waals surface area contributed by atoms with Gasteiger partial charge in [-0.2, -0.15) is 0 Å². The number of hydrogen-bond acceptors (Lipinski definition) is 4. The molecule has 0 fully saturated rings. The summed E-state index contributed by atoms with van der Waals surface area (Å²) in [7, 11) is 0. The van der Waals surface area contributed by atoms with Gasteiger partial charge in [0.05, 0.1) is 16.7 Å². The molecule has 5 heteroatoms. The zero-order chi connectivity index (χ0) is 28.1. The quantitative estimate of drug-likeness (QED) is 0.220. The van der Waals surface area contributed by atoms with Crippen LogP contribution in [0, 0.1) is 0 Å².